The summed E-state index contributed by atoms with van der Waals surface area (Å²) in [5, 5.41) is 3.61. The van der Waals surface area contributed by atoms with Crippen molar-refractivity contribution in [1.29, 1.82) is 0 Å². The third-order valence-electron chi connectivity index (χ3n) is 6.52. The van der Waals surface area contributed by atoms with E-state index in [1.807, 2.05) is 0 Å². The normalized spacial score (nSPS) is 35.6. The van der Waals surface area contributed by atoms with Crippen LogP contribution in [0, 0.1) is 11.3 Å². The molecule has 3 aliphatic rings. The third kappa shape index (κ3) is 3.46. The fourth-order valence-corrected chi connectivity index (χ4v) is 5.25. The Morgan fingerprint density at radius 3 is 2.29 bits per heavy atom. The van der Waals surface area contributed by atoms with E-state index in [1.54, 1.807) is 0 Å². The molecule has 2 aliphatic carbocycles. The Morgan fingerprint density at radius 2 is 1.67 bits per heavy atom. The van der Waals surface area contributed by atoms with Gasteiger partial charge in [0.25, 0.3) is 0 Å². The molecule has 3 fully saturated rings. The Hall–Kier alpha value is -0.120. The van der Waals surface area contributed by atoms with Crippen LogP contribution in [0.3, 0.4) is 0 Å². The first-order valence-corrected chi connectivity index (χ1v) is 9.24. The lowest BCUT2D eigenvalue weighted by Gasteiger charge is -2.40. The molecule has 1 saturated heterocycles. The minimum atomic E-state index is 0.477. The predicted octanol–water partition coefficient (Wildman–Crippen LogP) is 2.57. The van der Waals surface area contributed by atoms with Crippen LogP contribution in [0.4, 0.5) is 0 Å². The van der Waals surface area contributed by atoms with E-state index in [0.29, 0.717) is 11.5 Å². The van der Waals surface area contributed by atoms with Crippen LogP contribution >= 0.6 is 0 Å². The topological polar surface area (TPSA) is 18.5 Å². The van der Waals surface area contributed by atoms with Crippen LogP contribution in [0.2, 0.25) is 0 Å². The van der Waals surface area contributed by atoms with Crippen LogP contribution in [0.25, 0.3) is 0 Å². The molecule has 3 rings (SSSR count). The molecule has 2 unspecified atom stereocenters. The van der Waals surface area contributed by atoms with Crippen molar-refractivity contribution in [3.63, 3.8) is 0 Å². The van der Waals surface area contributed by atoms with E-state index in [9.17, 15) is 0 Å². The lowest BCUT2D eigenvalue weighted by Crippen LogP contribution is -2.52. The Morgan fingerprint density at radius 1 is 1.00 bits per heavy atom. The van der Waals surface area contributed by atoms with Gasteiger partial charge in [0, 0.05) is 44.8 Å². The summed E-state index contributed by atoms with van der Waals surface area (Å²) in [7, 11) is 2.16. The second-order valence-electron chi connectivity index (χ2n) is 8.33. The van der Waals surface area contributed by atoms with Crippen molar-refractivity contribution in [2.45, 2.75) is 64.5 Å². The van der Waals surface area contributed by atoms with Crippen molar-refractivity contribution in [2.75, 3.05) is 39.8 Å². The summed E-state index contributed by atoms with van der Waals surface area (Å²) in [4.78, 5) is 5.51. The van der Waals surface area contributed by atoms with Crippen molar-refractivity contribution >= 4 is 0 Å². The first-order chi connectivity index (χ1) is 10.1. The van der Waals surface area contributed by atoms with Crippen molar-refractivity contribution < 1.29 is 0 Å². The molecule has 3 nitrogen and oxygen atoms in total. The monoisotopic (exact) mass is 293 g/mol. The SMILES string of the molecule is CNC1C(CN2CCN(C3CCCC3)CC2)CCC1(C)C. The van der Waals surface area contributed by atoms with Gasteiger partial charge in [-0.1, -0.05) is 26.7 Å². The molecule has 1 heterocycles. The van der Waals surface area contributed by atoms with Gasteiger partial charge in [-0.3, -0.25) is 4.90 Å². The number of rotatable bonds is 4. The molecule has 0 aromatic carbocycles. The van der Waals surface area contributed by atoms with Crippen LogP contribution in [-0.2, 0) is 0 Å². The molecule has 0 aromatic heterocycles. The Bertz CT molecular complexity index is 327. The summed E-state index contributed by atoms with van der Waals surface area (Å²) in [6.45, 7) is 11.4. The zero-order valence-electron chi connectivity index (χ0n) is 14.4. The van der Waals surface area contributed by atoms with E-state index >= 15 is 0 Å². The van der Waals surface area contributed by atoms with Crippen molar-refractivity contribution in [3.05, 3.63) is 0 Å². The second-order valence-corrected chi connectivity index (χ2v) is 8.33. The zero-order chi connectivity index (χ0) is 14.9. The van der Waals surface area contributed by atoms with Gasteiger partial charge < -0.3 is 10.2 Å². The molecule has 122 valence electrons. The molecule has 0 bridgehead atoms. The van der Waals surface area contributed by atoms with Crippen LogP contribution in [0.1, 0.15) is 52.4 Å². The minimum Gasteiger partial charge on any atom is -0.316 e. The van der Waals surface area contributed by atoms with Crippen molar-refractivity contribution in [3.8, 4) is 0 Å². The summed E-state index contributed by atoms with van der Waals surface area (Å²) in [6, 6.07) is 1.62. The maximum Gasteiger partial charge on any atom is 0.0156 e. The summed E-state index contributed by atoms with van der Waals surface area (Å²) in [5.74, 6) is 0.850. The van der Waals surface area contributed by atoms with E-state index < -0.39 is 0 Å². The molecule has 2 saturated carbocycles. The first-order valence-electron chi connectivity index (χ1n) is 9.24. The molecule has 1 aliphatic heterocycles. The first kappa shape index (κ1) is 15.8. The molecule has 0 amide bonds. The maximum absolute atomic E-state index is 3.61. The highest BCUT2D eigenvalue weighted by Gasteiger charge is 2.41. The maximum atomic E-state index is 3.61. The standard InChI is InChI=1S/C18H35N3/c1-18(2)9-8-15(17(18)19-3)14-20-10-12-21(13-11-20)16-6-4-5-7-16/h15-17,19H,4-14H2,1-3H3. The molecule has 3 heteroatoms. The van der Waals surface area contributed by atoms with E-state index in [4.69, 9.17) is 0 Å². The smallest absolute Gasteiger partial charge is 0.0156 e. The summed E-state index contributed by atoms with van der Waals surface area (Å²) in [6.07, 6.45) is 8.63. The molecule has 1 N–H and O–H groups in total. The molecular weight excluding hydrogens is 258 g/mol. The zero-order valence-corrected chi connectivity index (χ0v) is 14.4. The van der Waals surface area contributed by atoms with Gasteiger partial charge in [-0.25, -0.2) is 0 Å². The fourth-order valence-electron chi connectivity index (χ4n) is 5.25. The summed E-state index contributed by atoms with van der Waals surface area (Å²) < 4.78 is 0. The molecule has 2 atom stereocenters. The highest BCUT2D eigenvalue weighted by molar-refractivity contribution is 4.97. The number of nitrogens with zero attached hydrogens (tertiary/aromatic N) is 2. The Balaban J connectivity index is 1.47. The number of hydrogen-bond donors (Lipinski definition) is 1. The Kier molecular flexibility index (Phi) is 4.92. The molecule has 0 aromatic rings. The lowest BCUT2D eigenvalue weighted by molar-refractivity contribution is 0.0821. The van der Waals surface area contributed by atoms with Crippen LogP contribution in [0.15, 0.2) is 0 Å². The summed E-state index contributed by atoms with van der Waals surface area (Å²) >= 11 is 0. The average Bonchev–Trinajstić information content (AvgIpc) is 3.08. The Labute approximate surface area is 131 Å². The number of piperazine rings is 1. The van der Waals surface area contributed by atoms with Crippen molar-refractivity contribution in [2.24, 2.45) is 11.3 Å². The van der Waals surface area contributed by atoms with Crippen LogP contribution in [0.5, 0.6) is 0 Å². The van der Waals surface area contributed by atoms with Gasteiger partial charge in [0.05, 0.1) is 0 Å². The second kappa shape index (κ2) is 6.55. The van der Waals surface area contributed by atoms with Gasteiger partial charge in [-0.15, -0.1) is 0 Å². The van der Waals surface area contributed by atoms with E-state index in [1.165, 1.54) is 71.2 Å². The van der Waals surface area contributed by atoms with Gasteiger partial charge in [0.15, 0.2) is 0 Å². The largest absolute Gasteiger partial charge is 0.316 e. The van der Waals surface area contributed by atoms with Crippen molar-refractivity contribution in [1.82, 2.24) is 15.1 Å². The highest BCUT2D eigenvalue weighted by Crippen LogP contribution is 2.41. The highest BCUT2D eigenvalue weighted by atomic mass is 15.3. The average molecular weight is 293 g/mol. The van der Waals surface area contributed by atoms with Gasteiger partial charge in [-0.2, -0.15) is 0 Å². The molecule has 0 spiro atoms. The van der Waals surface area contributed by atoms with E-state index in [0.717, 1.165) is 12.0 Å². The number of hydrogen-bond acceptors (Lipinski definition) is 3. The van der Waals surface area contributed by atoms with Gasteiger partial charge >= 0.3 is 0 Å². The fraction of sp³-hybridized carbons (Fsp3) is 1.00. The van der Waals surface area contributed by atoms with Crippen LogP contribution in [-0.4, -0.2) is 61.7 Å². The predicted molar refractivity (Wildman–Crippen MR) is 89.6 cm³/mol. The van der Waals surface area contributed by atoms with Gasteiger partial charge in [0.1, 0.15) is 0 Å². The third-order valence-corrected chi connectivity index (χ3v) is 6.52. The molecule has 0 radical (unpaired) electrons. The van der Waals surface area contributed by atoms with E-state index in [-0.39, 0.29) is 0 Å². The summed E-state index contributed by atoms with van der Waals surface area (Å²) in [5.41, 5.74) is 0.477. The van der Waals surface area contributed by atoms with Gasteiger partial charge in [0.2, 0.25) is 0 Å². The lowest BCUT2D eigenvalue weighted by atomic mass is 9.85. The number of nitrogens with one attached hydrogen (secondary N) is 1. The molecular formula is C18H35N3. The van der Waals surface area contributed by atoms with Gasteiger partial charge in [-0.05, 0) is 44.1 Å². The quantitative estimate of drug-likeness (QED) is 0.859. The minimum absolute atomic E-state index is 0.477. The van der Waals surface area contributed by atoms with Crippen LogP contribution < -0.4 is 5.32 Å². The molecule has 21 heavy (non-hydrogen) atoms. The van der Waals surface area contributed by atoms with E-state index in [2.05, 4.69) is 36.0 Å².